The summed E-state index contributed by atoms with van der Waals surface area (Å²) in [6.07, 6.45) is 5.34. The van der Waals surface area contributed by atoms with Crippen LogP contribution in [-0.2, 0) is 16.0 Å². The average Bonchev–Trinajstić information content (AvgIpc) is 3.94. The van der Waals surface area contributed by atoms with Crippen molar-refractivity contribution in [3.63, 3.8) is 0 Å². The molecule has 10 nitrogen and oxygen atoms in total. The molecule has 4 heterocycles. The van der Waals surface area contributed by atoms with Gasteiger partial charge in [-0.1, -0.05) is 17.7 Å². The Morgan fingerprint density at radius 1 is 1.04 bits per heavy atom. The van der Waals surface area contributed by atoms with E-state index in [9.17, 15) is 23.2 Å². The third kappa shape index (κ3) is 6.85. The number of amides is 2. The molecule has 13 heteroatoms. The zero-order valence-electron chi connectivity index (χ0n) is 25.1. The Hall–Kier alpha value is -3.71. The first-order valence-electron chi connectivity index (χ1n) is 15.6. The topological polar surface area (TPSA) is 115 Å². The van der Waals surface area contributed by atoms with Gasteiger partial charge in [-0.05, 0) is 72.7 Å². The second-order valence-electron chi connectivity index (χ2n) is 12.5. The molecule has 1 aromatic carbocycles. The summed E-state index contributed by atoms with van der Waals surface area (Å²) in [5, 5.41) is 6.46. The molecule has 46 heavy (non-hydrogen) atoms. The average molecular weight is 654 g/mol. The van der Waals surface area contributed by atoms with Gasteiger partial charge in [0.2, 0.25) is 0 Å². The van der Waals surface area contributed by atoms with Gasteiger partial charge in [-0.25, -0.2) is 13.8 Å². The Kier molecular flexibility index (Phi) is 8.39. The molecule has 2 saturated carbocycles. The molecule has 0 unspecified atom stereocenters. The van der Waals surface area contributed by atoms with E-state index in [-0.39, 0.29) is 40.6 Å². The summed E-state index contributed by atoms with van der Waals surface area (Å²) in [7, 11) is 0. The van der Waals surface area contributed by atoms with E-state index in [4.69, 9.17) is 21.1 Å². The highest BCUT2D eigenvalue weighted by atomic mass is 35.5. The fourth-order valence-electron chi connectivity index (χ4n) is 5.89. The number of carbonyl (C=O) groups is 2. The zero-order chi connectivity index (χ0) is 32.0. The van der Waals surface area contributed by atoms with Crippen molar-refractivity contribution in [3.05, 3.63) is 80.4 Å². The van der Waals surface area contributed by atoms with Crippen molar-refractivity contribution in [2.45, 2.75) is 56.2 Å². The van der Waals surface area contributed by atoms with E-state index in [2.05, 4.69) is 15.6 Å². The van der Waals surface area contributed by atoms with E-state index < -0.39 is 30.8 Å². The van der Waals surface area contributed by atoms with Gasteiger partial charge in [-0.2, -0.15) is 0 Å². The molecule has 0 radical (unpaired) electrons. The van der Waals surface area contributed by atoms with Crippen molar-refractivity contribution in [1.29, 1.82) is 0 Å². The molecule has 4 aliphatic rings. The number of likely N-dealkylation sites (tertiary alicyclic amines) is 1. The first-order chi connectivity index (χ1) is 22.1. The highest BCUT2D eigenvalue weighted by Gasteiger charge is 2.46. The summed E-state index contributed by atoms with van der Waals surface area (Å²) < 4.78 is 40.0. The molecule has 4 fully saturated rings. The van der Waals surface area contributed by atoms with Gasteiger partial charge in [0, 0.05) is 47.5 Å². The standard InChI is InChI=1S/C33H34ClF2N5O5/c34-22-3-6-25(26(12-22)31(43)40-17-33(35,36)18-40)21-10-28(20-1-2-20)38-29(11-21)39-30(42)27-9-19(15-41(32(27)44)23-4-5-23)13-37-14-24-16-45-7-8-46-24/h3,6,9-12,15,20,23-24,37H,1-2,4-5,7-8,13-14,16-18H2,(H,38,39,42)/t24-/m1/s1. The van der Waals surface area contributed by atoms with Gasteiger partial charge >= 0.3 is 0 Å². The van der Waals surface area contributed by atoms with Gasteiger partial charge in [-0.15, -0.1) is 0 Å². The number of benzene rings is 1. The van der Waals surface area contributed by atoms with Crippen molar-refractivity contribution >= 4 is 29.2 Å². The largest absolute Gasteiger partial charge is 0.376 e. The van der Waals surface area contributed by atoms with Gasteiger partial charge in [0.1, 0.15) is 11.4 Å². The van der Waals surface area contributed by atoms with E-state index in [0.29, 0.717) is 49.1 Å². The fraction of sp³-hybridized carbons (Fsp3) is 0.455. The number of ether oxygens (including phenoxy) is 2. The van der Waals surface area contributed by atoms with Crippen LogP contribution in [0.4, 0.5) is 14.6 Å². The SMILES string of the molecule is O=C(Nc1cc(-c2ccc(Cl)cc2C(=O)N2CC(F)(F)C2)cc(C2CC2)n1)c1cc(CNC[C@@H]2COCCO2)cn(C2CC2)c1=O. The molecule has 2 saturated heterocycles. The normalized spacial score (nSPS) is 20.7. The maximum atomic E-state index is 13.7. The van der Waals surface area contributed by atoms with Gasteiger partial charge in [-0.3, -0.25) is 14.4 Å². The number of aromatic nitrogens is 2. The first kappa shape index (κ1) is 30.9. The molecule has 2 amide bonds. The summed E-state index contributed by atoms with van der Waals surface area (Å²) in [5.74, 6) is -3.63. The maximum absolute atomic E-state index is 13.7. The number of hydrogen-bond donors (Lipinski definition) is 2. The number of nitrogens with one attached hydrogen (secondary N) is 2. The number of pyridine rings is 2. The van der Waals surface area contributed by atoms with Crippen LogP contribution in [0.1, 0.15) is 69.6 Å². The van der Waals surface area contributed by atoms with Crippen LogP contribution in [0.15, 0.2) is 47.4 Å². The highest BCUT2D eigenvalue weighted by molar-refractivity contribution is 6.31. The smallest absolute Gasteiger partial charge is 0.282 e. The Balaban J connectivity index is 1.16. The third-order valence-corrected chi connectivity index (χ3v) is 8.84. The summed E-state index contributed by atoms with van der Waals surface area (Å²) in [6.45, 7) is 1.34. The van der Waals surface area contributed by atoms with Crippen LogP contribution >= 0.6 is 11.6 Å². The fourth-order valence-corrected chi connectivity index (χ4v) is 6.06. The molecule has 1 atom stereocenters. The minimum Gasteiger partial charge on any atom is -0.376 e. The molecule has 0 bridgehead atoms. The van der Waals surface area contributed by atoms with Gasteiger partial charge in [0.25, 0.3) is 23.3 Å². The van der Waals surface area contributed by atoms with Crippen molar-refractivity contribution in [3.8, 4) is 11.1 Å². The molecule has 7 rings (SSSR count). The van der Waals surface area contributed by atoms with Crippen molar-refractivity contribution in [1.82, 2.24) is 19.8 Å². The number of carbonyl (C=O) groups excluding carboxylic acids is 2. The number of hydrogen-bond acceptors (Lipinski definition) is 7. The Bertz CT molecular complexity index is 1730. The van der Waals surface area contributed by atoms with Crippen molar-refractivity contribution in [2.75, 3.05) is 44.8 Å². The lowest BCUT2D eigenvalue weighted by molar-refractivity contribution is -0.113. The van der Waals surface area contributed by atoms with Crippen molar-refractivity contribution in [2.24, 2.45) is 0 Å². The number of alkyl halides is 2. The van der Waals surface area contributed by atoms with Crippen LogP contribution in [0.5, 0.6) is 0 Å². The van der Waals surface area contributed by atoms with Crippen LogP contribution in [-0.4, -0.2) is 77.7 Å². The lowest BCUT2D eigenvalue weighted by Gasteiger charge is -2.39. The van der Waals surface area contributed by atoms with Crippen LogP contribution in [0.3, 0.4) is 0 Å². The predicted octanol–water partition coefficient (Wildman–Crippen LogP) is 4.62. The van der Waals surface area contributed by atoms with Gasteiger partial charge < -0.3 is 29.6 Å². The summed E-state index contributed by atoms with van der Waals surface area (Å²) in [4.78, 5) is 46.2. The van der Waals surface area contributed by atoms with E-state index in [1.54, 1.807) is 35.0 Å². The number of rotatable bonds is 10. The molecule has 242 valence electrons. The Morgan fingerprint density at radius 2 is 1.85 bits per heavy atom. The molecule has 2 aromatic heterocycles. The van der Waals surface area contributed by atoms with Gasteiger partial charge in [0.15, 0.2) is 0 Å². The predicted molar refractivity (Wildman–Crippen MR) is 167 cm³/mol. The first-order valence-corrected chi connectivity index (χ1v) is 16.0. The molecular formula is C33H34ClF2N5O5. The second-order valence-corrected chi connectivity index (χ2v) is 12.9. The molecular weight excluding hydrogens is 620 g/mol. The minimum absolute atomic E-state index is 0.00435. The second kappa shape index (κ2) is 12.5. The van der Waals surface area contributed by atoms with Crippen LogP contribution < -0.4 is 16.2 Å². The summed E-state index contributed by atoms with van der Waals surface area (Å²) >= 11 is 6.23. The molecule has 2 aliphatic carbocycles. The zero-order valence-corrected chi connectivity index (χ0v) is 25.8. The van der Waals surface area contributed by atoms with E-state index in [1.807, 2.05) is 6.07 Å². The molecule has 2 aliphatic heterocycles. The van der Waals surface area contributed by atoms with Crippen molar-refractivity contribution < 1.29 is 27.8 Å². The van der Waals surface area contributed by atoms with Crippen LogP contribution in [0, 0.1) is 0 Å². The lowest BCUT2D eigenvalue weighted by Crippen LogP contribution is -2.58. The molecule has 3 aromatic rings. The maximum Gasteiger partial charge on any atom is 0.282 e. The van der Waals surface area contributed by atoms with Gasteiger partial charge in [0.05, 0.1) is 39.0 Å². The lowest BCUT2D eigenvalue weighted by atomic mass is 9.96. The van der Waals surface area contributed by atoms with E-state index >= 15 is 0 Å². The van der Waals surface area contributed by atoms with E-state index in [1.165, 1.54) is 6.07 Å². The minimum atomic E-state index is -2.91. The summed E-state index contributed by atoms with van der Waals surface area (Å²) in [5.41, 5.74) is 2.41. The van der Waals surface area contributed by atoms with Crippen LogP contribution in [0.25, 0.3) is 11.1 Å². The highest BCUT2D eigenvalue weighted by Crippen LogP contribution is 2.42. The number of anilines is 1. The Labute approximate surface area is 269 Å². The number of halogens is 3. The Morgan fingerprint density at radius 3 is 2.54 bits per heavy atom. The number of nitrogens with zero attached hydrogens (tertiary/aromatic N) is 3. The molecule has 2 N–H and O–H groups in total. The quantitative estimate of drug-likeness (QED) is 0.328. The van der Waals surface area contributed by atoms with Crippen LogP contribution in [0.2, 0.25) is 5.02 Å². The summed E-state index contributed by atoms with van der Waals surface area (Å²) in [6, 6.07) is 9.91. The molecule has 0 spiro atoms. The third-order valence-electron chi connectivity index (χ3n) is 8.61. The monoisotopic (exact) mass is 653 g/mol. The van der Waals surface area contributed by atoms with E-state index in [0.717, 1.165) is 41.8 Å².